The van der Waals surface area contributed by atoms with Crippen molar-refractivity contribution < 1.29 is 18.1 Å². The van der Waals surface area contributed by atoms with Crippen molar-refractivity contribution in [1.82, 2.24) is 13.9 Å². The molecular formula is C24H28N5O4S+. The summed E-state index contributed by atoms with van der Waals surface area (Å²) < 4.78 is 30.5. The van der Waals surface area contributed by atoms with Crippen LogP contribution in [0.3, 0.4) is 0 Å². The van der Waals surface area contributed by atoms with Gasteiger partial charge in [-0.1, -0.05) is 18.2 Å². The second-order valence-corrected chi connectivity index (χ2v) is 11.4. The van der Waals surface area contributed by atoms with E-state index in [1.54, 1.807) is 39.3 Å². The van der Waals surface area contributed by atoms with Crippen molar-refractivity contribution in [2.45, 2.75) is 23.8 Å². The minimum absolute atomic E-state index is 0.0128. The van der Waals surface area contributed by atoms with Gasteiger partial charge in [0, 0.05) is 42.8 Å². The van der Waals surface area contributed by atoms with Gasteiger partial charge in [-0.25, -0.2) is 8.42 Å². The zero-order chi connectivity index (χ0) is 24.0. The first-order chi connectivity index (χ1) is 16.2. The van der Waals surface area contributed by atoms with Crippen molar-refractivity contribution >= 4 is 32.5 Å². The quantitative estimate of drug-likeness (QED) is 0.544. The van der Waals surface area contributed by atoms with Gasteiger partial charge in [-0.3, -0.25) is 14.6 Å². The van der Waals surface area contributed by atoms with E-state index in [0.29, 0.717) is 25.2 Å². The number of pyridine rings is 2. The minimum atomic E-state index is -3.75. The second kappa shape index (κ2) is 8.61. The molecule has 2 aliphatic rings. The number of amides is 1. The normalized spacial score (nSPS) is 20.3. The third-order valence-electron chi connectivity index (χ3n) is 6.57. The van der Waals surface area contributed by atoms with E-state index in [-0.39, 0.29) is 40.4 Å². The van der Waals surface area contributed by atoms with Crippen LogP contribution in [0.25, 0.3) is 10.9 Å². The Morgan fingerprint density at radius 2 is 1.91 bits per heavy atom. The van der Waals surface area contributed by atoms with Crippen LogP contribution in [0, 0.1) is 5.92 Å². The van der Waals surface area contributed by atoms with E-state index in [4.69, 9.17) is 0 Å². The molecular weight excluding hydrogens is 454 g/mol. The van der Waals surface area contributed by atoms with Crippen molar-refractivity contribution in [1.29, 1.82) is 0 Å². The van der Waals surface area contributed by atoms with Gasteiger partial charge < -0.3 is 14.8 Å². The highest BCUT2D eigenvalue weighted by Gasteiger charge is 2.40. The van der Waals surface area contributed by atoms with E-state index < -0.39 is 10.0 Å². The summed E-state index contributed by atoms with van der Waals surface area (Å²) >= 11 is 0. The topological polar surface area (TPSA) is 106 Å². The molecule has 0 saturated carbocycles. The molecule has 1 saturated heterocycles. The summed E-state index contributed by atoms with van der Waals surface area (Å²) in [5, 5.41) is 3.50. The van der Waals surface area contributed by atoms with Gasteiger partial charge in [-0.05, 0) is 36.6 Å². The van der Waals surface area contributed by atoms with Crippen molar-refractivity contribution in [3.05, 3.63) is 64.7 Å². The zero-order valence-corrected chi connectivity index (χ0v) is 20.0. The van der Waals surface area contributed by atoms with Gasteiger partial charge in [0.05, 0.1) is 19.6 Å². The van der Waals surface area contributed by atoms with Crippen LogP contribution >= 0.6 is 0 Å². The molecule has 1 aromatic carbocycles. The summed E-state index contributed by atoms with van der Waals surface area (Å²) in [6.45, 7) is 1.33. The molecule has 4 heterocycles. The maximum Gasteiger partial charge on any atom is 0.279 e. The molecule has 2 atom stereocenters. The van der Waals surface area contributed by atoms with Gasteiger partial charge in [-0.2, -0.15) is 4.31 Å². The molecule has 3 aromatic rings. The molecule has 9 nitrogen and oxygen atoms in total. The molecule has 2 aliphatic heterocycles. The zero-order valence-electron chi connectivity index (χ0n) is 19.2. The summed E-state index contributed by atoms with van der Waals surface area (Å²) in [5.41, 5.74) is 1.32. The molecule has 178 valence electrons. The van der Waals surface area contributed by atoms with Crippen molar-refractivity contribution in [3.63, 3.8) is 0 Å². The van der Waals surface area contributed by atoms with Crippen molar-refractivity contribution in [2.24, 2.45) is 5.92 Å². The first-order valence-electron chi connectivity index (χ1n) is 11.4. The summed E-state index contributed by atoms with van der Waals surface area (Å²) in [6.07, 6.45) is 2.43. The molecule has 2 aromatic heterocycles. The van der Waals surface area contributed by atoms with E-state index in [9.17, 15) is 18.0 Å². The first kappa shape index (κ1) is 22.7. The van der Waals surface area contributed by atoms with Crippen LogP contribution in [-0.2, 0) is 21.4 Å². The smallest absolute Gasteiger partial charge is 0.279 e. The molecule has 34 heavy (non-hydrogen) atoms. The third-order valence-corrected chi connectivity index (χ3v) is 8.44. The molecule has 1 amide bonds. The fourth-order valence-corrected chi connectivity index (χ4v) is 6.86. The standard InChI is InChI=1S/C24H27N5O4S/c1-27(2)15-22(30)26-19-8-9-20-18-11-16(13-29(20)24(19)31)12-28(14-18)34(32,33)21-7-3-5-17-6-4-10-25-23(17)21/h3-10,16,18H,11-15H2,1-2H3,(H,26,30)/p+1/t16-,18+/m0/s1. The van der Waals surface area contributed by atoms with Crippen LogP contribution in [0.5, 0.6) is 0 Å². The third kappa shape index (κ3) is 4.02. The summed E-state index contributed by atoms with van der Waals surface area (Å²) in [7, 11) is -0.0156. The van der Waals surface area contributed by atoms with Crippen LogP contribution < -0.4 is 15.8 Å². The number of quaternary nitrogens is 1. The molecule has 0 aliphatic carbocycles. The van der Waals surface area contributed by atoms with Gasteiger partial charge in [0.25, 0.3) is 11.5 Å². The summed E-state index contributed by atoms with van der Waals surface area (Å²) in [4.78, 5) is 30.8. The number of nitrogens with zero attached hydrogens (tertiary/aromatic N) is 3. The highest BCUT2D eigenvalue weighted by atomic mass is 32.2. The number of likely N-dealkylation sites (N-methyl/N-ethyl adjacent to an activating group) is 1. The fourth-order valence-electron chi connectivity index (χ4n) is 5.13. The average Bonchev–Trinajstić information content (AvgIpc) is 2.80. The number of piperidine rings is 1. The number of hydrogen-bond donors (Lipinski definition) is 2. The number of sulfonamides is 1. The lowest BCUT2D eigenvalue weighted by Crippen LogP contribution is -3.06. The number of hydrogen-bond acceptors (Lipinski definition) is 5. The van der Waals surface area contributed by atoms with Crippen LogP contribution in [-0.4, -0.2) is 61.9 Å². The Hall–Kier alpha value is -3.08. The molecule has 10 heteroatoms. The predicted molar refractivity (Wildman–Crippen MR) is 128 cm³/mol. The van der Waals surface area contributed by atoms with Gasteiger partial charge in [0.2, 0.25) is 10.0 Å². The van der Waals surface area contributed by atoms with E-state index in [2.05, 4.69) is 10.3 Å². The largest absolute Gasteiger partial charge is 0.332 e. The Balaban J connectivity index is 1.44. The van der Waals surface area contributed by atoms with Gasteiger partial charge in [0.1, 0.15) is 10.6 Å². The van der Waals surface area contributed by atoms with Gasteiger partial charge in [-0.15, -0.1) is 0 Å². The molecule has 5 rings (SSSR count). The average molecular weight is 483 g/mol. The lowest BCUT2D eigenvalue weighted by atomic mass is 9.84. The first-order valence-corrected chi connectivity index (χ1v) is 12.8. The van der Waals surface area contributed by atoms with Crippen molar-refractivity contribution in [3.8, 4) is 0 Å². The van der Waals surface area contributed by atoms with Crippen LogP contribution in [0.2, 0.25) is 0 Å². The highest BCUT2D eigenvalue weighted by molar-refractivity contribution is 7.89. The van der Waals surface area contributed by atoms with Crippen LogP contribution in [0.4, 0.5) is 5.69 Å². The Bertz CT molecular complexity index is 1430. The highest BCUT2D eigenvalue weighted by Crippen LogP contribution is 2.38. The molecule has 1 fully saturated rings. The molecule has 2 bridgehead atoms. The lowest BCUT2D eigenvalue weighted by Gasteiger charge is -2.42. The number of rotatable bonds is 5. The Kier molecular flexibility index (Phi) is 5.75. The molecule has 0 unspecified atom stereocenters. The summed E-state index contributed by atoms with van der Waals surface area (Å²) in [5.74, 6) is -0.290. The maximum absolute atomic E-state index is 13.6. The molecule has 2 N–H and O–H groups in total. The predicted octanol–water partition coefficient (Wildman–Crippen LogP) is 0.288. The SMILES string of the molecule is C[NH+](C)CC(=O)Nc1ccc2n(c1=O)C[C@H]1C[C@@H]2CN(S(=O)(=O)c2cccc3cccnc23)C1. The van der Waals surface area contributed by atoms with E-state index in [0.717, 1.165) is 22.4 Å². The number of nitrogens with one attached hydrogen (secondary N) is 2. The van der Waals surface area contributed by atoms with Gasteiger partial charge in [0.15, 0.2) is 6.54 Å². The number of carbonyl (C=O) groups excluding carboxylic acids is 1. The maximum atomic E-state index is 13.6. The molecule has 0 radical (unpaired) electrons. The van der Waals surface area contributed by atoms with E-state index in [1.807, 2.05) is 32.3 Å². The van der Waals surface area contributed by atoms with Crippen LogP contribution in [0.1, 0.15) is 18.0 Å². The Morgan fingerprint density at radius 1 is 1.12 bits per heavy atom. The summed E-state index contributed by atoms with van der Waals surface area (Å²) in [6, 6.07) is 12.3. The lowest BCUT2D eigenvalue weighted by molar-refractivity contribution is -0.849. The number of fused-ring (bicyclic) bond motifs is 5. The number of anilines is 1. The Morgan fingerprint density at radius 3 is 2.71 bits per heavy atom. The van der Waals surface area contributed by atoms with Crippen LogP contribution in [0.15, 0.2) is 58.4 Å². The number of carbonyl (C=O) groups is 1. The monoisotopic (exact) mass is 482 g/mol. The minimum Gasteiger partial charge on any atom is -0.332 e. The number of aromatic nitrogens is 2. The fraction of sp³-hybridized carbons (Fsp3) is 0.375. The Labute approximate surface area is 198 Å². The number of para-hydroxylation sites is 1. The molecule has 0 spiro atoms. The van der Waals surface area contributed by atoms with E-state index >= 15 is 0 Å². The van der Waals surface area contributed by atoms with Crippen molar-refractivity contribution in [2.75, 3.05) is 39.0 Å². The van der Waals surface area contributed by atoms with Gasteiger partial charge >= 0.3 is 0 Å². The van der Waals surface area contributed by atoms with E-state index in [1.165, 1.54) is 0 Å². The number of benzene rings is 1. The second-order valence-electron chi connectivity index (χ2n) is 9.47.